The van der Waals surface area contributed by atoms with Crippen LogP contribution in [0.4, 0.5) is 0 Å². The molecular weight excluding hydrogens is 377 g/mol. The number of epoxide rings is 1. The molecule has 2 unspecified atom stereocenters. The van der Waals surface area contributed by atoms with E-state index in [-0.39, 0.29) is 48.5 Å². The molecule has 10 heteroatoms. The standard InChI is InChI=1S/C17H20NO8P/c1-3-23-27(22,24-4-2)26-14-8-6-5-7-12(14)17(20)18(21)11-9-13(19)16-15(10-11)25-16/h5-9,15-16,21H,3-4,10H2,1-2H3. The van der Waals surface area contributed by atoms with Crippen LogP contribution in [0.25, 0.3) is 0 Å². The van der Waals surface area contributed by atoms with Gasteiger partial charge in [0.15, 0.2) is 5.78 Å². The number of rotatable bonds is 8. The molecule has 1 aliphatic heterocycles. The summed E-state index contributed by atoms with van der Waals surface area (Å²) in [4.78, 5) is 24.5. The summed E-state index contributed by atoms with van der Waals surface area (Å²) in [6.07, 6.45) is 0.623. The lowest BCUT2D eigenvalue weighted by Crippen LogP contribution is -2.31. The fraction of sp³-hybridized carbons (Fsp3) is 0.412. The quantitative estimate of drug-likeness (QED) is 0.308. The first-order valence-electron chi connectivity index (χ1n) is 8.49. The van der Waals surface area contributed by atoms with Crippen molar-refractivity contribution in [3.05, 3.63) is 41.6 Å². The van der Waals surface area contributed by atoms with Crippen molar-refractivity contribution >= 4 is 19.5 Å². The molecule has 1 heterocycles. The molecule has 1 N–H and O–H groups in total. The summed E-state index contributed by atoms with van der Waals surface area (Å²) in [6, 6.07) is 5.93. The molecule has 146 valence electrons. The predicted octanol–water partition coefficient (Wildman–Crippen LogP) is 2.70. The normalized spacial score (nSPS) is 21.3. The lowest BCUT2D eigenvalue weighted by Gasteiger charge is -2.22. The Bertz CT molecular complexity index is 813. The van der Waals surface area contributed by atoms with Crippen molar-refractivity contribution in [2.24, 2.45) is 0 Å². The number of amides is 1. The van der Waals surface area contributed by atoms with Crippen molar-refractivity contribution in [1.29, 1.82) is 0 Å². The number of hydrogen-bond donors (Lipinski definition) is 1. The summed E-state index contributed by atoms with van der Waals surface area (Å²) >= 11 is 0. The van der Waals surface area contributed by atoms with E-state index in [1.54, 1.807) is 26.0 Å². The maximum atomic E-state index is 12.7. The Morgan fingerprint density at radius 1 is 1.30 bits per heavy atom. The first-order chi connectivity index (χ1) is 12.9. The third-order valence-electron chi connectivity index (χ3n) is 3.95. The molecule has 9 nitrogen and oxygen atoms in total. The zero-order valence-corrected chi connectivity index (χ0v) is 15.8. The van der Waals surface area contributed by atoms with Gasteiger partial charge in [-0.1, -0.05) is 12.1 Å². The smallest absolute Gasteiger partial charge is 0.403 e. The van der Waals surface area contributed by atoms with Crippen LogP contribution in [0, 0.1) is 0 Å². The van der Waals surface area contributed by atoms with E-state index in [0.717, 1.165) is 0 Å². The van der Waals surface area contributed by atoms with Crippen LogP contribution < -0.4 is 4.52 Å². The minimum absolute atomic E-state index is 0.0631. The van der Waals surface area contributed by atoms with Gasteiger partial charge in [0, 0.05) is 12.5 Å². The third-order valence-corrected chi connectivity index (χ3v) is 5.52. The number of para-hydroxylation sites is 1. The fourth-order valence-corrected chi connectivity index (χ4v) is 3.91. The van der Waals surface area contributed by atoms with Gasteiger partial charge in [0.1, 0.15) is 11.9 Å². The van der Waals surface area contributed by atoms with Crippen molar-refractivity contribution in [3.8, 4) is 5.75 Å². The summed E-state index contributed by atoms with van der Waals surface area (Å²) < 4.78 is 33.3. The lowest BCUT2D eigenvalue weighted by molar-refractivity contribution is -0.116. The lowest BCUT2D eigenvalue weighted by atomic mass is 10.0. The Balaban J connectivity index is 1.83. The SMILES string of the molecule is CCOP(=O)(OCC)Oc1ccccc1C(=O)N(O)C1=CC(=O)C2OC2C1. The minimum Gasteiger partial charge on any atom is -0.403 e. The molecule has 0 saturated carbocycles. The number of carbonyl (C=O) groups excluding carboxylic acids is 2. The molecule has 1 fully saturated rings. The van der Waals surface area contributed by atoms with Gasteiger partial charge in [-0.3, -0.25) is 23.8 Å². The number of ether oxygens (including phenoxy) is 1. The molecule has 0 bridgehead atoms. The predicted molar refractivity (Wildman–Crippen MR) is 92.3 cm³/mol. The highest BCUT2D eigenvalue weighted by Crippen LogP contribution is 2.50. The van der Waals surface area contributed by atoms with Gasteiger partial charge < -0.3 is 9.26 Å². The van der Waals surface area contributed by atoms with Crippen molar-refractivity contribution in [2.45, 2.75) is 32.5 Å². The molecule has 2 atom stereocenters. The second-order valence-electron chi connectivity index (χ2n) is 5.82. The van der Waals surface area contributed by atoms with Gasteiger partial charge in [-0.25, -0.2) is 4.57 Å². The number of phosphoric acid groups is 1. The van der Waals surface area contributed by atoms with Crippen LogP contribution in [0.2, 0.25) is 0 Å². The van der Waals surface area contributed by atoms with Crippen LogP contribution in [-0.2, 0) is 23.1 Å². The molecule has 1 aromatic rings. The molecule has 1 saturated heterocycles. The molecule has 0 aromatic heterocycles. The van der Waals surface area contributed by atoms with Crippen LogP contribution in [0.1, 0.15) is 30.6 Å². The minimum atomic E-state index is -3.92. The van der Waals surface area contributed by atoms with Crippen molar-refractivity contribution in [1.82, 2.24) is 5.06 Å². The number of phosphoric ester groups is 1. The van der Waals surface area contributed by atoms with Crippen LogP contribution in [0.5, 0.6) is 5.75 Å². The van der Waals surface area contributed by atoms with Crippen LogP contribution >= 0.6 is 7.82 Å². The van der Waals surface area contributed by atoms with Crippen molar-refractivity contribution in [2.75, 3.05) is 13.2 Å². The van der Waals surface area contributed by atoms with E-state index in [2.05, 4.69) is 0 Å². The van der Waals surface area contributed by atoms with Gasteiger partial charge >= 0.3 is 7.82 Å². The Morgan fingerprint density at radius 3 is 2.59 bits per heavy atom. The number of benzene rings is 1. The Labute approximate surface area is 156 Å². The zero-order valence-electron chi connectivity index (χ0n) is 14.9. The summed E-state index contributed by atoms with van der Waals surface area (Å²) in [5.74, 6) is -1.21. The largest absolute Gasteiger partial charge is 0.530 e. The zero-order chi connectivity index (χ0) is 19.6. The molecule has 0 radical (unpaired) electrons. The van der Waals surface area contributed by atoms with Gasteiger partial charge in [0.2, 0.25) is 0 Å². The van der Waals surface area contributed by atoms with Crippen LogP contribution in [0.15, 0.2) is 36.0 Å². The van der Waals surface area contributed by atoms with E-state index in [9.17, 15) is 19.4 Å². The molecule has 2 aliphatic rings. The monoisotopic (exact) mass is 397 g/mol. The van der Waals surface area contributed by atoms with E-state index < -0.39 is 19.8 Å². The summed E-state index contributed by atoms with van der Waals surface area (Å²) in [5, 5.41) is 10.7. The second-order valence-corrected chi connectivity index (χ2v) is 7.42. The van der Waals surface area contributed by atoms with Crippen molar-refractivity contribution in [3.63, 3.8) is 0 Å². The highest BCUT2D eigenvalue weighted by atomic mass is 31.2. The van der Waals surface area contributed by atoms with E-state index in [0.29, 0.717) is 5.06 Å². The second kappa shape index (κ2) is 7.92. The number of ketones is 1. The maximum Gasteiger partial charge on any atom is 0.530 e. The summed E-state index contributed by atoms with van der Waals surface area (Å²) in [7, 11) is -3.92. The van der Waals surface area contributed by atoms with Crippen LogP contribution in [-0.4, -0.2) is 47.4 Å². The number of hydrogen-bond acceptors (Lipinski definition) is 8. The molecule has 1 aliphatic carbocycles. The molecule has 0 spiro atoms. The van der Waals surface area contributed by atoms with E-state index in [4.69, 9.17) is 18.3 Å². The number of carbonyl (C=O) groups is 2. The fourth-order valence-electron chi connectivity index (χ4n) is 2.70. The first-order valence-corrected chi connectivity index (χ1v) is 9.95. The van der Waals surface area contributed by atoms with E-state index in [1.807, 2.05) is 0 Å². The number of hydroxylamine groups is 2. The number of fused-ring (bicyclic) bond motifs is 1. The van der Waals surface area contributed by atoms with Gasteiger partial charge in [-0.05, 0) is 26.0 Å². The summed E-state index contributed by atoms with van der Waals surface area (Å²) in [6.45, 7) is 3.41. The van der Waals surface area contributed by atoms with E-state index >= 15 is 0 Å². The third kappa shape index (κ3) is 4.28. The van der Waals surface area contributed by atoms with Gasteiger partial charge in [0.05, 0.1) is 30.6 Å². The molecule has 27 heavy (non-hydrogen) atoms. The molecule has 3 rings (SSSR count). The van der Waals surface area contributed by atoms with Gasteiger partial charge in [-0.2, -0.15) is 5.06 Å². The first kappa shape index (κ1) is 19.7. The summed E-state index contributed by atoms with van der Waals surface area (Å²) in [5.41, 5.74) is 0.0585. The number of nitrogens with zero attached hydrogens (tertiary/aromatic N) is 1. The maximum absolute atomic E-state index is 12.7. The Morgan fingerprint density at radius 2 is 1.96 bits per heavy atom. The van der Waals surface area contributed by atoms with E-state index in [1.165, 1.54) is 18.2 Å². The highest BCUT2D eigenvalue weighted by molar-refractivity contribution is 7.48. The topological polar surface area (TPSA) is 115 Å². The Hall–Kier alpha value is -2.03. The van der Waals surface area contributed by atoms with Crippen LogP contribution in [0.3, 0.4) is 0 Å². The molecule has 1 amide bonds. The van der Waals surface area contributed by atoms with Gasteiger partial charge in [0.25, 0.3) is 5.91 Å². The Kier molecular flexibility index (Phi) is 5.78. The molecular formula is C17H20NO8P. The van der Waals surface area contributed by atoms with Crippen molar-refractivity contribution < 1.29 is 37.7 Å². The average molecular weight is 397 g/mol. The highest BCUT2D eigenvalue weighted by Gasteiger charge is 2.48. The molecule has 1 aromatic carbocycles. The van der Waals surface area contributed by atoms with Gasteiger partial charge in [-0.15, -0.1) is 0 Å². The average Bonchev–Trinajstić information content (AvgIpc) is 3.41.